The predicted octanol–water partition coefficient (Wildman–Crippen LogP) is 1.34. The Morgan fingerprint density at radius 2 is 2.45 bits per heavy atom. The van der Waals surface area contributed by atoms with Gasteiger partial charge in [0.2, 0.25) is 0 Å². The average Bonchev–Trinajstić information content (AvgIpc) is 2.42. The molecular formula is C14H24N4O2. The molecule has 1 saturated heterocycles. The van der Waals surface area contributed by atoms with Gasteiger partial charge in [-0.25, -0.2) is 4.98 Å². The van der Waals surface area contributed by atoms with Gasteiger partial charge in [-0.2, -0.15) is 0 Å². The van der Waals surface area contributed by atoms with E-state index in [1.165, 1.54) is 0 Å². The predicted molar refractivity (Wildman–Crippen MR) is 81.2 cm³/mol. The van der Waals surface area contributed by atoms with E-state index >= 15 is 0 Å². The second-order valence-corrected chi connectivity index (χ2v) is 5.25. The summed E-state index contributed by atoms with van der Waals surface area (Å²) < 4.78 is 10.6. The van der Waals surface area contributed by atoms with E-state index in [1.807, 2.05) is 6.07 Å². The monoisotopic (exact) mass is 280 g/mol. The SMILES string of the molecule is COCC(C)Nc1cc(N2CCOCC2C)ncc1N. The summed E-state index contributed by atoms with van der Waals surface area (Å²) >= 11 is 0. The van der Waals surface area contributed by atoms with E-state index in [4.69, 9.17) is 15.2 Å². The number of rotatable bonds is 5. The minimum Gasteiger partial charge on any atom is -0.396 e. The third-order valence-corrected chi connectivity index (χ3v) is 3.40. The van der Waals surface area contributed by atoms with Crippen molar-refractivity contribution in [2.24, 2.45) is 0 Å². The van der Waals surface area contributed by atoms with E-state index < -0.39 is 0 Å². The van der Waals surface area contributed by atoms with Crippen molar-refractivity contribution >= 4 is 17.2 Å². The van der Waals surface area contributed by atoms with Crippen molar-refractivity contribution in [2.45, 2.75) is 25.9 Å². The second-order valence-electron chi connectivity index (χ2n) is 5.25. The Morgan fingerprint density at radius 1 is 1.65 bits per heavy atom. The molecule has 6 heteroatoms. The van der Waals surface area contributed by atoms with Crippen molar-refractivity contribution in [1.82, 2.24) is 4.98 Å². The molecule has 1 aromatic rings. The lowest BCUT2D eigenvalue weighted by Crippen LogP contribution is -2.44. The van der Waals surface area contributed by atoms with Gasteiger partial charge in [-0.05, 0) is 13.8 Å². The molecule has 0 spiro atoms. The van der Waals surface area contributed by atoms with E-state index in [2.05, 4.69) is 29.0 Å². The van der Waals surface area contributed by atoms with Crippen LogP contribution in [0.1, 0.15) is 13.8 Å². The first-order valence-corrected chi connectivity index (χ1v) is 6.97. The van der Waals surface area contributed by atoms with E-state index in [-0.39, 0.29) is 6.04 Å². The molecule has 0 amide bonds. The molecule has 1 aliphatic rings. The first kappa shape index (κ1) is 14.9. The zero-order chi connectivity index (χ0) is 14.5. The Hall–Kier alpha value is -1.53. The van der Waals surface area contributed by atoms with Crippen molar-refractivity contribution < 1.29 is 9.47 Å². The minimum absolute atomic E-state index is 0.194. The van der Waals surface area contributed by atoms with Gasteiger partial charge in [-0.3, -0.25) is 0 Å². The lowest BCUT2D eigenvalue weighted by molar-refractivity contribution is 0.0985. The maximum absolute atomic E-state index is 5.99. The van der Waals surface area contributed by atoms with Gasteiger partial charge >= 0.3 is 0 Å². The summed E-state index contributed by atoms with van der Waals surface area (Å²) in [5.74, 6) is 0.933. The molecular weight excluding hydrogens is 256 g/mol. The molecule has 1 fully saturated rings. The number of methoxy groups -OCH3 is 1. The van der Waals surface area contributed by atoms with Gasteiger partial charge in [0.05, 0.1) is 43.4 Å². The highest BCUT2D eigenvalue weighted by Gasteiger charge is 2.21. The maximum atomic E-state index is 5.99. The Balaban J connectivity index is 2.15. The lowest BCUT2D eigenvalue weighted by atomic mass is 10.2. The van der Waals surface area contributed by atoms with Gasteiger partial charge in [-0.1, -0.05) is 0 Å². The van der Waals surface area contributed by atoms with Crippen molar-refractivity contribution in [3.8, 4) is 0 Å². The molecule has 3 N–H and O–H groups in total. The standard InChI is InChI=1S/C14H24N4O2/c1-10(8-19-3)17-13-6-14(16-7-12(13)15)18-4-5-20-9-11(18)2/h6-7,10-11H,4-5,8-9,15H2,1-3H3,(H,16,17). The molecule has 2 rings (SSSR count). The summed E-state index contributed by atoms with van der Waals surface area (Å²) in [6.07, 6.45) is 1.71. The van der Waals surface area contributed by atoms with Crippen molar-refractivity contribution in [3.63, 3.8) is 0 Å². The van der Waals surface area contributed by atoms with Gasteiger partial charge in [0.15, 0.2) is 0 Å². The summed E-state index contributed by atoms with van der Waals surface area (Å²) in [5, 5.41) is 3.36. The maximum Gasteiger partial charge on any atom is 0.131 e. The molecule has 112 valence electrons. The highest BCUT2D eigenvalue weighted by molar-refractivity contribution is 5.69. The first-order valence-electron chi connectivity index (χ1n) is 6.97. The van der Waals surface area contributed by atoms with Crippen LogP contribution in [0.3, 0.4) is 0 Å². The van der Waals surface area contributed by atoms with E-state index in [9.17, 15) is 0 Å². The number of aromatic nitrogens is 1. The van der Waals surface area contributed by atoms with E-state index in [0.29, 0.717) is 18.3 Å². The number of hydrogen-bond acceptors (Lipinski definition) is 6. The van der Waals surface area contributed by atoms with Crippen LogP contribution in [-0.2, 0) is 9.47 Å². The van der Waals surface area contributed by atoms with Crippen molar-refractivity contribution in [2.75, 3.05) is 49.4 Å². The lowest BCUT2D eigenvalue weighted by Gasteiger charge is -2.34. The number of nitrogens with two attached hydrogens (primary N) is 1. The minimum atomic E-state index is 0.194. The molecule has 1 aromatic heterocycles. The third kappa shape index (κ3) is 3.52. The number of nitrogen functional groups attached to an aromatic ring is 1. The van der Waals surface area contributed by atoms with E-state index in [1.54, 1.807) is 13.3 Å². The molecule has 2 heterocycles. The Bertz CT molecular complexity index is 441. The zero-order valence-corrected chi connectivity index (χ0v) is 12.4. The molecule has 2 unspecified atom stereocenters. The van der Waals surface area contributed by atoms with E-state index in [0.717, 1.165) is 31.3 Å². The van der Waals surface area contributed by atoms with Crippen LogP contribution in [0, 0.1) is 0 Å². The number of anilines is 3. The fourth-order valence-corrected chi connectivity index (χ4v) is 2.36. The molecule has 0 radical (unpaired) electrons. The number of nitrogens with one attached hydrogen (secondary N) is 1. The van der Waals surface area contributed by atoms with Gasteiger partial charge in [0, 0.05) is 25.8 Å². The summed E-state index contributed by atoms with van der Waals surface area (Å²) in [6, 6.07) is 2.52. The molecule has 0 aromatic carbocycles. The van der Waals surface area contributed by atoms with Crippen LogP contribution in [0.2, 0.25) is 0 Å². The fourth-order valence-electron chi connectivity index (χ4n) is 2.36. The Morgan fingerprint density at radius 3 is 3.15 bits per heavy atom. The highest BCUT2D eigenvalue weighted by atomic mass is 16.5. The number of pyridine rings is 1. The van der Waals surface area contributed by atoms with Crippen LogP contribution in [0.15, 0.2) is 12.3 Å². The van der Waals surface area contributed by atoms with Gasteiger partial charge < -0.3 is 25.4 Å². The normalized spacial score (nSPS) is 20.8. The molecule has 2 atom stereocenters. The molecule has 1 aliphatic heterocycles. The van der Waals surface area contributed by atoms with Crippen LogP contribution in [-0.4, -0.2) is 50.5 Å². The first-order chi connectivity index (χ1) is 9.61. The highest BCUT2D eigenvalue weighted by Crippen LogP contribution is 2.25. The van der Waals surface area contributed by atoms with Gasteiger partial charge in [0.25, 0.3) is 0 Å². The van der Waals surface area contributed by atoms with Crippen molar-refractivity contribution in [3.05, 3.63) is 12.3 Å². The molecule has 0 bridgehead atoms. The molecule has 20 heavy (non-hydrogen) atoms. The molecule has 0 aliphatic carbocycles. The smallest absolute Gasteiger partial charge is 0.131 e. The van der Waals surface area contributed by atoms with Crippen LogP contribution in [0.4, 0.5) is 17.2 Å². The quantitative estimate of drug-likeness (QED) is 0.848. The number of hydrogen-bond donors (Lipinski definition) is 2. The van der Waals surface area contributed by atoms with Gasteiger partial charge in [0.1, 0.15) is 5.82 Å². The number of nitrogens with zero attached hydrogens (tertiary/aromatic N) is 2. The number of morpholine rings is 1. The average molecular weight is 280 g/mol. The summed E-state index contributed by atoms with van der Waals surface area (Å²) in [5.41, 5.74) is 7.54. The molecule has 0 saturated carbocycles. The fraction of sp³-hybridized carbons (Fsp3) is 0.643. The molecule has 6 nitrogen and oxygen atoms in total. The van der Waals surface area contributed by atoms with Crippen LogP contribution >= 0.6 is 0 Å². The van der Waals surface area contributed by atoms with Gasteiger partial charge in [-0.15, -0.1) is 0 Å². The largest absolute Gasteiger partial charge is 0.396 e. The summed E-state index contributed by atoms with van der Waals surface area (Å²) in [6.45, 7) is 7.14. The van der Waals surface area contributed by atoms with Crippen molar-refractivity contribution in [1.29, 1.82) is 0 Å². The third-order valence-electron chi connectivity index (χ3n) is 3.40. The second kappa shape index (κ2) is 6.76. The zero-order valence-electron chi connectivity index (χ0n) is 12.4. The summed E-state index contributed by atoms with van der Waals surface area (Å²) in [4.78, 5) is 6.69. The Labute approximate surface area is 120 Å². The van der Waals surface area contributed by atoms with Crippen LogP contribution in [0.25, 0.3) is 0 Å². The topological polar surface area (TPSA) is 72.6 Å². The van der Waals surface area contributed by atoms with Crippen LogP contribution < -0.4 is 16.0 Å². The number of ether oxygens (including phenoxy) is 2. The Kier molecular flexibility index (Phi) is 5.03. The summed E-state index contributed by atoms with van der Waals surface area (Å²) in [7, 11) is 1.69. The van der Waals surface area contributed by atoms with Crippen LogP contribution in [0.5, 0.6) is 0 Å².